The second-order valence-corrected chi connectivity index (χ2v) is 9.14. The number of carbonyl (C=O) groups is 1. The molecule has 32 heavy (non-hydrogen) atoms. The molecule has 1 amide bonds. The Bertz CT molecular complexity index is 1060. The van der Waals surface area contributed by atoms with Crippen molar-refractivity contribution in [2.45, 2.75) is 44.8 Å². The van der Waals surface area contributed by atoms with Gasteiger partial charge in [0.2, 0.25) is 0 Å². The Kier molecular flexibility index (Phi) is 7.81. The largest absolute Gasteiger partial charge is 0.478 e. The van der Waals surface area contributed by atoms with Crippen molar-refractivity contribution in [3.63, 3.8) is 0 Å². The van der Waals surface area contributed by atoms with E-state index in [2.05, 4.69) is 17.4 Å². The lowest BCUT2D eigenvalue weighted by molar-refractivity contribution is -0.135. The first kappa shape index (κ1) is 24.1. The van der Waals surface area contributed by atoms with Crippen molar-refractivity contribution in [2.24, 2.45) is 0 Å². The maximum absolute atomic E-state index is 13.8. The third-order valence-corrected chi connectivity index (χ3v) is 5.93. The fraction of sp³-hybridized carbons (Fsp3) is 0.269. The average molecular weight is 474 g/mol. The molecule has 0 bridgehead atoms. The van der Waals surface area contributed by atoms with Crippen LogP contribution in [0.3, 0.4) is 0 Å². The Labute approximate surface area is 198 Å². The first-order chi connectivity index (χ1) is 15.2. The molecular formula is C26H26Cl2FNO2. The van der Waals surface area contributed by atoms with Gasteiger partial charge in [0.1, 0.15) is 11.6 Å². The monoisotopic (exact) mass is 473 g/mol. The topological polar surface area (TPSA) is 38.3 Å². The fourth-order valence-electron chi connectivity index (χ4n) is 3.52. The number of benzene rings is 3. The van der Waals surface area contributed by atoms with Gasteiger partial charge >= 0.3 is 0 Å². The average Bonchev–Trinajstić information content (AvgIpc) is 2.76. The predicted octanol–water partition coefficient (Wildman–Crippen LogP) is 6.82. The van der Waals surface area contributed by atoms with Crippen LogP contribution in [0.25, 0.3) is 0 Å². The first-order valence-corrected chi connectivity index (χ1v) is 11.2. The number of amides is 1. The molecule has 0 aliphatic heterocycles. The first-order valence-electron chi connectivity index (χ1n) is 10.4. The van der Waals surface area contributed by atoms with Gasteiger partial charge in [-0.05, 0) is 62.6 Å². The lowest BCUT2D eigenvalue weighted by Gasteiger charge is -2.31. The van der Waals surface area contributed by atoms with Gasteiger partial charge in [0.15, 0.2) is 5.60 Å². The van der Waals surface area contributed by atoms with E-state index in [1.807, 2.05) is 49.4 Å². The molecule has 0 radical (unpaired) electrons. The van der Waals surface area contributed by atoms with Crippen molar-refractivity contribution < 1.29 is 13.9 Å². The number of hydrogen-bond acceptors (Lipinski definition) is 2. The molecule has 0 aliphatic carbocycles. The van der Waals surface area contributed by atoms with Gasteiger partial charge < -0.3 is 10.1 Å². The van der Waals surface area contributed by atoms with E-state index in [-0.39, 0.29) is 28.6 Å². The molecule has 1 N–H and O–H groups in total. The molecule has 2 atom stereocenters. The van der Waals surface area contributed by atoms with Crippen molar-refractivity contribution in [3.8, 4) is 5.75 Å². The smallest absolute Gasteiger partial charge is 0.263 e. The van der Waals surface area contributed by atoms with E-state index in [1.165, 1.54) is 18.2 Å². The summed E-state index contributed by atoms with van der Waals surface area (Å²) in [7, 11) is 0. The van der Waals surface area contributed by atoms with Gasteiger partial charge in [-0.15, -0.1) is 0 Å². The van der Waals surface area contributed by atoms with Crippen LogP contribution in [0, 0.1) is 5.82 Å². The Morgan fingerprint density at radius 1 is 1.03 bits per heavy atom. The minimum Gasteiger partial charge on any atom is -0.478 e. The van der Waals surface area contributed by atoms with Crippen LogP contribution >= 0.6 is 23.2 Å². The maximum Gasteiger partial charge on any atom is 0.263 e. The summed E-state index contributed by atoms with van der Waals surface area (Å²) in [5.41, 5.74) is 1.03. The highest BCUT2D eigenvalue weighted by Gasteiger charge is 2.33. The summed E-state index contributed by atoms with van der Waals surface area (Å²) in [4.78, 5) is 13.1. The lowest BCUT2D eigenvalue weighted by Crippen LogP contribution is -2.51. The van der Waals surface area contributed by atoms with Crippen molar-refractivity contribution in [2.75, 3.05) is 0 Å². The molecule has 3 aromatic carbocycles. The third-order valence-electron chi connectivity index (χ3n) is 5.37. The standard InChI is InChI=1S/C26H26Cl2FNO2/c1-17(30-25(31)26(2,3)32-21-13-14-23(28)24(29)16-21)22(19-7-5-4-6-8-19)15-18-9-11-20(27)12-10-18/h4-14,16-17,22H,15H2,1-3H3,(H,30,31)/t17-,22+/m0/s1. The molecule has 3 rings (SSSR count). The maximum atomic E-state index is 13.8. The molecule has 0 fully saturated rings. The second kappa shape index (κ2) is 10.4. The van der Waals surface area contributed by atoms with E-state index in [4.69, 9.17) is 27.9 Å². The molecule has 0 saturated heterocycles. The molecule has 0 unspecified atom stereocenters. The molecule has 3 aromatic rings. The Morgan fingerprint density at radius 3 is 2.31 bits per heavy atom. The minimum atomic E-state index is -1.21. The quantitative estimate of drug-likeness (QED) is 0.389. The van der Waals surface area contributed by atoms with E-state index in [1.54, 1.807) is 13.8 Å². The van der Waals surface area contributed by atoms with Crippen LogP contribution < -0.4 is 10.1 Å². The Balaban J connectivity index is 1.76. The van der Waals surface area contributed by atoms with Crippen LogP contribution in [-0.4, -0.2) is 17.6 Å². The van der Waals surface area contributed by atoms with E-state index in [0.29, 0.717) is 5.02 Å². The number of ether oxygens (including phenoxy) is 1. The van der Waals surface area contributed by atoms with Crippen LogP contribution in [0.5, 0.6) is 5.75 Å². The van der Waals surface area contributed by atoms with Crippen LogP contribution in [0.1, 0.15) is 37.8 Å². The summed E-state index contributed by atoms with van der Waals surface area (Å²) in [6, 6.07) is 21.7. The molecule has 168 valence electrons. The molecule has 3 nitrogen and oxygen atoms in total. The highest BCUT2D eigenvalue weighted by Crippen LogP contribution is 2.27. The zero-order chi connectivity index (χ0) is 23.3. The van der Waals surface area contributed by atoms with E-state index >= 15 is 0 Å². The zero-order valence-corrected chi connectivity index (χ0v) is 19.8. The third kappa shape index (κ3) is 6.24. The molecule has 0 saturated carbocycles. The van der Waals surface area contributed by atoms with Crippen LogP contribution in [0.2, 0.25) is 10.0 Å². The van der Waals surface area contributed by atoms with Gasteiger partial charge in [-0.25, -0.2) is 4.39 Å². The van der Waals surface area contributed by atoms with Gasteiger partial charge in [-0.3, -0.25) is 4.79 Å². The molecule has 0 aromatic heterocycles. The summed E-state index contributed by atoms with van der Waals surface area (Å²) in [5.74, 6) is -0.621. The van der Waals surface area contributed by atoms with Gasteiger partial charge in [-0.1, -0.05) is 65.7 Å². The number of rotatable bonds is 8. The number of hydrogen-bond donors (Lipinski definition) is 1. The number of nitrogens with one attached hydrogen (secondary N) is 1. The van der Waals surface area contributed by atoms with Crippen LogP contribution in [-0.2, 0) is 11.2 Å². The van der Waals surface area contributed by atoms with E-state index in [0.717, 1.165) is 17.5 Å². The van der Waals surface area contributed by atoms with Crippen LogP contribution in [0.4, 0.5) is 4.39 Å². The summed E-state index contributed by atoms with van der Waals surface area (Å²) in [5, 5.41) is 3.77. The lowest BCUT2D eigenvalue weighted by atomic mass is 9.86. The molecule has 0 aliphatic rings. The molecule has 0 spiro atoms. The van der Waals surface area contributed by atoms with Gasteiger partial charge in [0, 0.05) is 23.0 Å². The summed E-state index contributed by atoms with van der Waals surface area (Å²) < 4.78 is 19.6. The van der Waals surface area contributed by atoms with Gasteiger partial charge in [0.05, 0.1) is 5.02 Å². The molecule has 0 heterocycles. The number of halogens is 3. The Hall–Kier alpha value is -2.56. The molecule has 6 heteroatoms. The van der Waals surface area contributed by atoms with Gasteiger partial charge in [0.25, 0.3) is 5.91 Å². The fourth-order valence-corrected chi connectivity index (χ4v) is 3.76. The second-order valence-electron chi connectivity index (χ2n) is 8.30. The molecular weight excluding hydrogens is 448 g/mol. The summed E-state index contributed by atoms with van der Waals surface area (Å²) >= 11 is 11.8. The highest BCUT2D eigenvalue weighted by atomic mass is 35.5. The highest BCUT2D eigenvalue weighted by molar-refractivity contribution is 6.30. The van der Waals surface area contributed by atoms with Crippen molar-refractivity contribution in [1.29, 1.82) is 0 Å². The Morgan fingerprint density at radius 2 is 1.69 bits per heavy atom. The summed E-state index contributed by atoms with van der Waals surface area (Å²) in [6.45, 7) is 5.28. The van der Waals surface area contributed by atoms with Crippen LogP contribution in [0.15, 0.2) is 72.8 Å². The normalized spacial score (nSPS) is 13.3. The number of carbonyl (C=O) groups excluding carboxylic acids is 1. The summed E-state index contributed by atoms with van der Waals surface area (Å²) in [6.07, 6.45) is 0.728. The van der Waals surface area contributed by atoms with E-state index < -0.39 is 11.4 Å². The van der Waals surface area contributed by atoms with Crippen molar-refractivity contribution in [1.82, 2.24) is 5.32 Å². The van der Waals surface area contributed by atoms with Gasteiger partial charge in [-0.2, -0.15) is 0 Å². The zero-order valence-electron chi connectivity index (χ0n) is 18.2. The SMILES string of the molecule is C[C@H](NC(=O)C(C)(C)Oc1ccc(Cl)c(F)c1)[C@@H](Cc1ccc(Cl)cc1)c1ccccc1. The van der Waals surface area contributed by atoms with Crippen molar-refractivity contribution >= 4 is 29.1 Å². The minimum absolute atomic E-state index is 0.00105. The predicted molar refractivity (Wildman–Crippen MR) is 128 cm³/mol. The van der Waals surface area contributed by atoms with Crippen molar-refractivity contribution in [3.05, 3.63) is 99.8 Å². The van der Waals surface area contributed by atoms with E-state index in [9.17, 15) is 9.18 Å².